The van der Waals surface area contributed by atoms with E-state index in [4.69, 9.17) is 0 Å². The van der Waals surface area contributed by atoms with E-state index in [1.165, 1.54) is 12.1 Å². The van der Waals surface area contributed by atoms with Crippen LogP contribution in [-0.2, 0) is 17.7 Å². The van der Waals surface area contributed by atoms with Crippen LogP contribution in [0.25, 0.3) is 11.3 Å². The van der Waals surface area contributed by atoms with Crippen molar-refractivity contribution >= 4 is 15.9 Å². The molecule has 0 atom stereocenters. The van der Waals surface area contributed by atoms with E-state index in [0.717, 1.165) is 12.1 Å². The molecule has 1 aromatic carbocycles. The van der Waals surface area contributed by atoms with Crippen LogP contribution in [0.2, 0.25) is 0 Å². The van der Waals surface area contributed by atoms with Gasteiger partial charge in [0.25, 0.3) is 0 Å². The molecule has 22 heavy (non-hydrogen) atoms. The summed E-state index contributed by atoms with van der Waals surface area (Å²) in [5, 5.41) is 0.279. The zero-order valence-corrected chi connectivity index (χ0v) is 12.4. The minimum absolute atomic E-state index is 0.157. The van der Waals surface area contributed by atoms with Crippen molar-refractivity contribution < 1.29 is 26.3 Å². The molecule has 1 aromatic heterocycles. The number of pyridine rings is 1. The fourth-order valence-electron chi connectivity index (χ4n) is 2.01. The summed E-state index contributed by atoms with van der Waals surface area (Å²) >= 11 is 3.10. The summed E-state index contributed by atoms with van der Waals surface area (Å²) in [6, 6.07) is 6.59. The smallest absolute Gasteiger partial charge is 0.252 e. The van der Waals surface area contributed by atoms with Crippen LogP contribution in [-0.4, -0.2) is 4.98 Å². The van der Waals surface area contributed by atoms with Gasteiger partial charge in [-0.1, -0.05) is 34.1 Å². The number of alkyl halides is 7. The molecule has 0 spiro atoms. The van der Waals surface area contributed by atoms with Gasteiger partial charge in [0, 0.05) is 10.9 Å². The molecule has 0 aliphatic carbocycles. The first kappa shape index (κ1) is 16.8. The van der Waals surface area contributed by atoms with Crippen molar-refractivity contribution in [3.8, 4) is 11.3 Å². The number of nitrogens with zero attached hydrogens (tertiary/aromatic N) is 1. The van der Waals surface area contributed by atoms with Crippen molar-refractivity contribution in [1.82, 2.24) is 4.98 Å². The highest BCUT2D eigenvalue weighted by molar-refractivity contribution is 9.08. The first-order chi connectivity index (χ1) is 10.1. The van der Waals surface area contributed by atoms with Gasteiger partial charge in [-0.2, -0.15) is 26.3 Å². The first-order valence-electron chi connectivity index (χ1n) is 5.94. The van der Waals surface area contributed by atoms with Crippen LogP contribution in [0.5, 0.6) is 0 Å². The van der Waals surface area contributed by atoms with Crippen molar-refractivity contribution in [2.45, 2.75) is 17.7 Å². The minimum Gasteiger partial charge on any atom is -0.252 e. The Labute approximate surface area is 130 Å². The van der Waals surface area contributed by atoms with E-state index in [1.54, 1.807) is 6.07 Å². The number of benzene rings is 1. The Morgan fingerprint density at radius 3 is 2.05 bits per heavy atom. The van der Waals surface area contributed by atoms with Gasteiger partial charge in [0.2, 0.25) is 0 Å². The van der Waals surface area contributed by atoms with E-state index in [1.807, 2.05) is 0 Å². The molecular weight excluding hydrogens is 376 g/mol. The van der Waals surface area contributed by atoms with Gasteiger partial charge in [0.1, 0.15) is 0 Å². The normalized spacial score (nSPS) is 12.5. The second-order valence-corrected chi connectivity index (χ2v) is 4.93. The third-order valence-corrected chi connectivity index (χ3v) is 3.45. The lowest BCUT2D eigenvalue weighted by molar-refractivity contribution is -0.161. The number of aromatic nitrogens is 1. The molecule has 0 N–H and O–H groups in total. The van der Waals surface area contributed by atoms with E-state index in [-0.39, 0.29) is 11.0 Å². The maximum atomic E-state index is 13.2. The quantitative estimate of drug-likeness (QED) is 0.480. The van der Waals surface area contributed by atoms with Crippen molar-refractivity contribution in [2.75, 3.05) is 0 Å². The largest absolute Gasteiger partial charge is 0.417 e. The zero-order valence-electron chi connectivity index (χ0n) is 10.8. The molecule has 0 fully saturated rings. The second kappa shape index (κ2) is 5.91. The van der Waals surface area contributed by atoms with Gasteiger partial charge in [-0.25, -0.2) is 0 Å². The van der Waals surface area contributed by atoms with Gasteiger partial charge >= 0.3 is 12.4 Å². The summed E-state index contributed by atoms with van der Waals surface area (Å²) in [6.45, 7) is 0. The molecule has 0 saturated carbocycles. The van der Waals surface area contributed by atoms with Crippen molar-refractivity contribution in [3.05, 3.63) is 53.2 Å². The van der Waals surface area contributed by atoms with Gasteiger partial charge in [-0.05, 0) is 18.2 Å². The summed E-state index contributed by atoms with van der Waals surface area (Å²) in [5.41, 5.74) is -3.77. The molecule has 2 rings (SSSR count). The van der Waals surface area contributed by atoms with Crippen molar-refractivity contribution in [2.24, 2.45) is 0 Å². The van der Waals surface area contributed by atoms with Crippen molar-refractivity contribution in [3.63, 3.8) is 0 Å². The molecule has 0 bridgehead atoms. The molecule has 8 heteroatoms. The van der Waals surface area contributed by atoms with Gasteiger partial charge in [-0.3, -0.25) is 4.98 Å². The number of hydrogen-bond acceptors (Lipinski definition) is 1. The average molecular weight is 384 g/mol. The highest BCUT2D eigenvalue weighted by Crippen LogP contribution is 2.44. The van der Waals surface area contributed by atoms with Crippen LogP contribution in [0.15, 0.2) is 36.4 Å². The fraction of sp³-hybridized carbons (Fsp3) is 0.214. The number of rotatable bonds is 2. The second-order valence-electron chi connectivity index (χ2n) is 4.37. The first-order valence-corrected chi connectivity index (χ1v) is 7.06. The molecular formula is C14H8BrF6N. The Morgan fingerprint density at radius 2 is 1.50 bits per heavy atom. The molecule has 1 heterocycles. The summed E-state index contributed by atoms with van der Waals surface area (Å²) in [7, 11) is 0. The number of hydrogen-bond donors (Lipinski definition) is 0. The highest BCUT2D eigenvalue weighted by atomic mass is 79.9. The van der Waals surface area contributed by atoms with E-state index in [0.29, 0.717) is 11.8 Å². The molecule has 0 saturated heterocycles. The molecule has 0 radical (unpaired) electrons. The average Bonchev–Trinajstić information content (AvgIpc) is 2.44. The number of halogens is 7. The van der Waals surface area contributed by atoms with Crippen LogP contribution in [0.3, 0.4) is 0 Å². The van der Waals surface area contributed by atoms with E-state index in [9.17, 15) is 26.3 Å². The van der Waals surface area contributed by atoms with Gasteiger partial charge in [-0.15, -0.1) is 0 Å². The van der Waals surface area contributed by atoms with Gasteiger partial charge < -0.3 is 0 Å². The third kappa shape index (κ3) is 3.43. The molecule has 118 valence electrons. The predicted molar refractivity (Wildman–Crippen MR) is 72.3 cm³/mol. The molecule has 0 amide bonds. The minimum atomic E-state index is -5.15. The summed E-state index contributed by atoms with van der Waals surface area (Å²) < 4.78 is 78.2. The van der Waals surface area contributed by atoms with E-state index in [2.05, 4.69) is 20.9 Å². The monoisotopic (exact) mass is 383 g/mol. The topological polar surface area (TPSA) is 12.9 Å². The lowest BCUT2D eigenvalue weighted by atomic mass is 9.97. The molecule has 1 nitrogen and oxygen atoms in total. The summed E-state index contributed by atoms with van der Waals surface area (Å²) in [5.74, 6) is 0. The maximum absolute atomic E-state index is 13.2. The van der Waals surface area contributed by atoms with Crippen LogP contribution in [0.4, 0.5) is 26.3 Å². The van der Waals surface area contributed by atoms with Gasteiger partial charge in [0.15, 0.2) is 0 Å². The SMILES string of the molecule is FC(F)(F)c1cccc(-c2cccc(CBr)n2)c1C(F)(F)F. The summed E-state index contributed by atoms with van der Waals surface area (Å²) in [4.78, 5) is 3.94. The molecule has 2 aromatic rings. The standard InChI is InChI=1S/C14H8BrF6N/c15-7-8-3-1-6-11(22-8)9-4-2-5-10(13(16,17)18)12(9)14(19,20)21/h1-6H,7H2. The lowest BCUT2D eigenvalue weighted by Crippen LogP contribution is -2.18. The molecule has 0 aliphatic rings. The van der Waals surface area contributed by atoms with E-state index < -0.39 is 29.0 Å². The summed E-state index contributed by atoms with van der Waals surface area (Å²) in [6.07, 6.45) is -10.2. The Morgan fingerprint density at radius 1 is 0.864 bits per heavy atom. The zero-order chi connectivity index (χ0) is 16.5. The van der Waals surface area contributed by atoms with E-state index >= 15 is 0 Å². The Bertz CT molecular complexity index is 678. The van der Waals surface area contributed by atoms with Crippen LogP contribution in [0.1, 0.15) is 16.8 Å². The van der Waals surface area contributed by atoms with Gasteiger partial charge in [0.05, 0.1) is 22.5 Å². The van der Waals surface area contributed by atoms with Crippen LogP contribution >= 0.6 is 15.9 Å². The predicted octanol–water partition coefficient (Wildman–Crippen LogP) is 5.68. The van der Waals surface area contributed by atoms with Crippen LogP contribution in [0, 0.1) is 0 Å². The van der Waals surface area contributed by atoms with Crippen LogP contribution < -0.4 is 0 Å². The highest BCUT2D eigenvalue weighted by Gasteiger charge is 2.44. The fourth-order valence-corrected chi connectivity index (χ4v) is 2.32. The molecule has 0 aliphatic heterocycles. The van der Waals surface area contributed by atoms with Crippen molar-refractivity contribution in [1.29, 1.82) is 0 Å². The maximum Gasteiger partial charge on any atom is 0.417 e. The third-order valence-electron chi connectivity index (χ3n) is 2.87. The lowest BCUT2D eigenvalue weighted by Gasteiger charge is -2.19. The molecule has 0 unspecified atom stereocenters. The Balaban J connectivity index is 2.76. The Kier molecular flexibility index (Phi) is 4.51. The Hall–Kier alpha value is -1.57.